The van der Waals surface area contributed by atoms with E-state index in [9.17, 15) is 4.39 Å². The maximum Gasteiger partial charge on any atom is 0.191 e. The van der Waals surface area contributed by atoms with Crippen molar-refractivity contribution < 1.29 is 4.39 Å². The second-order valence-corrected chi connectivity index (χ2v) is 7.93. The van der Waals surface area contributed by atoms with Gasteiger partial charge in [0.15, 0.2) is 5.96 Å². The standard InChI is InChI=1S/C19H27FN4S.HI/c1-13-10-15(20)7-6-14(13)8-9-22-18(21-5)23-11-16-12-25-17(24-16)19(2,3)4;/h6-7,10,12H,8-9,11H2,1-5H3,(H2,21,22,23);1H. The zero-order valence-corrected chi connectivity index (χ0v) is 19.2. The van der Waals surface area contributed by atoms with Gasteiger partial charge in [0.25, 0.3) is 0 Å². The molecule has 7 heteroatoms. The average molecular weight is 490 g/mol. The number of nitrogens with zero attached hydrogens (tertiary/aromatic N) is 2. The molecule has 0 aliphatic rings. The van der Waals surface area contributed by atoms with E-state index in [1.54, 1.807) is 24.5 Å². The van der Waals surface area contributed by atoms with Crippen molar-refractivity contribution in [2.24, 2.45) is 4.99 Å². The van der Waals surface area contributed by atoms with Gasteiger partial charge < -0.3 is 10.6 Å². The molecule has 0 atom stereocenters. The van der Waals surface area contributed by atoms with Crippen LogP contribution in [0.25, 0.3) is 0 Å². The molecule has 2 rings (SSSR count). The average Bonchev–Trinajstić information content (AvgIpc) is 3.01. The summed E-state index contributed by atoms with van der Waals surface area (Å²) in [4.78, 5) is 8.91. The van der Waals surface area contributed by atoms with Crippen LogP contribution in [-0.2, 0) is 18.4 Å². The van der Waals surface area contributed by atoms with Gasteiger partial charge in [0.05, 0.1) is 17.2 Å². The van der Waals surface area contributed by atoms with E-state index in [1.807, 2.05) is 13.0 Å². The number of thiazole rings is 1. The largest absolute Gasteiger partial charge is 0.356 e. The first kappa shape index (κ1) is 22.8. The number of guanidine groups is 1. The number of aliphatic imine (C=N–C) groups is 1. The lowest BCUT2D eigenvalue weighted by atomic mass is 9.98. The summed E-state index contributed by atoms with van der Waals surface area (Å²) < 4.78 is 13.1. The summed E-state index contributed by atoms with van der Waals surface area (Å²) in [5.41, 5.74) is 3.21. The molecule has 2 N–H and O–H groups in total. The van der Waals surface area contributed by atoms with Crippen LogP contribution in [-0.4, -0.2) is 24.5 Å². The Morgan fingerprint density at radius 1 is 1.27 bits per heavy atom. The molecule has 1 heterocycles. The second-order valence-electron chi connectivity index (χ2n) is 7.07. The molecule has 0 amide bonds. The highest BCUT2D eigenvalue weighted by Crippen LogP contribution is 2.25. The number of benzene rings is 1. The van der Waals surface area contributed by atoms with E-state index in [1.165, 1.54) is 6.07 Å². The van der Waals surface area contributed by atoms with E-state index in [4.69, 9.17) is 0 Å². The highest BCUT2D eigenvalue weighted by atomic mass is 127. The Balaban J connectivity index is 0.00000338. The van der Waals surface area contributed by atoms with Crippen LogP contribution < -0.4 is 10.6 Å². The Kier molecular flexibility index (Phi) is 8.95. The van der Waals surface area contributed by atoms with Crippen LogP contribution in [0.15, 0.2) is 28.6 Å². The molecule has 26 heavy (non-hydrogen) atoms. The fourth-order valence-corrected chi connectivity index (χ4v) is 3.29. The fraction of sp³-hybridized carbons (Fsp3) is 0.474. The third-order valence-corrected chi connectivity index (χ3v) is 5.16. The first-order valence-corrected chi connectivity index (χ1v) is 9.32. The van der Waals surface area contributed by atoms with Gasteiger partial charge in [0, 0.05) is 24.4 Å². The van der Waals surface area contributed by atoms with Crippen LogP contribution in [0.3, 0.4) is 0 Å². The number of rotatable bonds is 5. The van der Waals surface area contributed by atoms with E-state index in [-0.39, 0.29) is 35.2 Å². The molecule has 0 aliphatic heterocycles. The van der Waals surface area contributed by atoms with Crippen LogP contribution in [0.5, 0.6) is 0 Å². The van der Waals surface area contributed by atoms with Gasteiger partial charge in [0.2, 0.25) is 0 Å². The molecule has 4 nitrogen and oxygen atoms in total. The SMILES string of the molecule is CN=C(NCCc1ccc(F)cc1C)NCc1csc(C(C)(C)C)n1.I. The lowest BCUT2D eigenvalue weighted by Crippen LogP contribution is -2.38. The molecule has 0 unspecified atom stereocenters. The van der Waals surface area contributed by atoms with Gasteiger partial charge in [-0.2, -0.15) is 0 Å². The van der Waals surface area contributed by atoms with Gasteiger partial charge in [-0.15, -0.1) is 35.3 Å². The van der Waals surface area contributed by atoms with Gasteiger partial charge in [-0.1, -0.05) is 26.8 Å². The summed E-state index contributed by atoms with van der Waals surface area (Å²) >= 11 is 1.69. The molecule has 1 aromatic carbocycles. The predicted molar refractivity (Wildman–Crippen MR) is 119 cm³/mol. The van der Waals surface area contributed by atoms with Crippen molar-refractivity contribution in [1.29, 1.82) is 0 Å². The molecule has 0 bridgehead atoms. The highest BCUT2D eigenvalue weighted by Gasteiger charge is 2.17. The van der Waals surface area contributed by atoms with Crippen molar-refractivity contribution >= 4 is 41.3 Å². The van der Waals surface area contributed by atoms with E-state index < -0.39 is 0 Å². The minimum absolute atomic E-state index is 0. The normalized spacial score (nSPS) is 11.8. The maximum atomic E-state index is 13.1. The first-order valence-electron chi connectivity index (χ1n) is 8.44. The smallest absolute Gasteiger partial charge is 0.191 e. The Labute approximate surface area is 176 Å². The number of nitrogens with one attached hydrogen (secondary N) is 2. The van der Waals surface area contributed by atoms with Crippen LogP contribution >= 0.6 is 35.3 Å². The molecular weight excluding hydrogens is 462 g/mol. The molecule has 0 saturated heterocycles. The first-order chi connectivity index (χ1) is 11.8. The molecule has 0 fully saturated rings. The zero-order valence-electron chi connectivity index (χ0n) is 16.0. The van der Waals surface area contributed by atoms with Gasteiger partial charge >= 0.3 is 0 Å². The molecule has 0 aliphatic carbocycles. The number of hydrogen-bond acceptors (Lipinski definition) is 3. The number of aromatic nitrogens is 1. The molecule has 2 aromatic rings. The topological polar surface area (TPSA) is 49.3 Å². The van der Waals surface area contributed by atoms with E-state index in [0.29, 0.717) is 6.54 Å². The number of hydrogen-bond donors (Lipinski definition) is 2. The Bertz CT molecular complexity index is 737. The van der Waals surface area contributed by atoms with Crippen molar-refractivity contribution in [3.63, 3.8) is 0 Å². The summed E-state index contributed by atoms with van der Waals surface area (Å²) in [7, 11) is 1.75. The van der Waals surface area contributed by atoms with Crippen molar-refractivity contribution in [3.8, 4) is 0 Å². The predicted octanol–water partition coefficient (Wildman–Crippen LogP) is 4.41. The van der Waals surface area contributed by atoms with Crippen molar-refractivity contribution in [2.45, 2.75) is 46.1 Å². The van der Waals surface area contributed by atoms with Crippen LogP contribution in [0.1, 0.15) is 42.6 Å². The molecular formula is C19H28FIN4S. The number of halogens is 2. The van der Waals surface area contributed by atoms with E-state index in [0.717, 1.165) is 40.8 Å². The molecule has 0 radical (unpaired) electrons. The third-order valence-electron chi connectivity index (χ3n) is 3.85. The van der Waals surface area contributed by atoms with Crippen LogP contribution in [0, 0.1) is 12.7 Å². The summed E-state index contributed by atoms with van der Waals surface area (Å²) in [5.74, 6) is 0.551. The van der Waals surface area contributed by atoms with Gasteiger partial charge in [-0.25, -0.2) is 9.37 Å². The summed E-state index contributed by atoms with van der Waals surface area (Å²) in [6, 6.07) is 4.91. The zero-order chi connectivity index (χ0) is 18.4. The maximum absolute atomic E-state index is 13.1. The second kappa shape index (κ2) is 10.2. The molecule has 144 valence electrons. The summed E-state index contributed by atoms with van der Waals surface area (Å²) in [6.45, 7) is 9.81. The van der Waals surface area contributed by atoms with Gasteiger partial charge in [-0.05, 0) is 36.6 Å². The van der Waals surface area contributed by atoms with Crippen molar-refractivity contribution in [2.75, 3.05) is 13.6 Å². The van der Waals surface area contributed by atoms with E-state index in [2.05, 4.69) is 46.8 Å². The molecule has 0 saturated carbocycles. The van der Waals surface area contributed by atoms with Gasteiger partial charge in [-0.3, -0.25) is 4.99 Å². The Hall–Kier alpha value is -1.22. The Morgan fingerprint density at radius 3 is 2.58 bits per heavy atom. The minimum atomic E-state index is -0.190. The number of aryl methyl sites for hydroxylation is 1. The van der Waals surface area contributed by atoms with Crippen molar-refractivity contribution in [1.82, 2.24) is 15.6 Å². The van der Waals surface area contributed by atoms with Crippen LogP contribution in [0.4, 0.5) is 4.39 Å². The summed E-state index contributed by atoms with van der Waals surface area (Å²) in [5, 5.41) is 9.80. The lowest BCUT2D eigenvalue weighted by molar-refractivity contribution is 0.582. The van der Waals surface area contributed by atoms with Crippen molar-refractivity contribution in [3.05, 3.63) is 51.2 Å². The van der Waals surface area contributed by atoms with Gasteiger partial charge in [0.1, 0.15) is 5.82 Å². The monoisotopic (exact) mass is 490 g/mol. The fourth-order valence-electron chi connectivity index (χ4n) is 2.38. The summed E-state index contributed by atoms with van der Waals surface area (Å²) in [6.07, 6.45) is 0.817. The Morgan fingerprint density at radius 2 is 2.00 bits per heavy atom. The minimum Gasteiger partial charge on any atom is -0.356 e. The lowest BCUT2D eigenvalue weighted by Gasteiger charge is -2.14. The highest BCUT2D eigenvalue weighted by molar-refractivity contribution is 14.0. The third kappa shape index (κ3) is 6.83. The van der Waals surface area contributed by atoms with E-state index >= 15 is 0 Å². The molecule has 1 aromatic heterocycles. The molecule has 0 spiro atoms. The quantitative estimate of drug-likeness (QED) is 0.371. The van der Waals surface area contributed by atoms with Crippen LogP contribution in [0.2, 0.25) is 0 Å².